The van der Waals surface area contributed by atoms with Gasteiger partial charge in [-0.3, -0.25) is 14.7 Å². The van der Waals surface area contributed by atoms with Crippen molar-refractivity contribution in [3.05, 3.63) is 0 Å². The van der Waals surface area contributed by atoms with Gasteiger partial charge in [0.2, 0.25) is 5.91 Å². The predicted molar refractivity (Wildman–Crippen MR) is 111 cm³/mol. The molecule has 3 fully saturated rings. The third kappa shape index (κ3) is 6.66. The highest BCUT2D eigenvalue weighted by Crippen LogP contribution is 2.25. The van der Waals surface area contributed by atoms with Gasteiger partial charge in [0, 0.05) is 44.7 Å². The summed E-state index contributed by atoms with van der Waals surface area (Å²) < 4.78 is 0. The Morgan fingerprint density at radius 1 is 0.889 bits per heavy atom. The van der Waals surface area contributed by atoms with Crippen molar-refractivity contribution in [2.45, 2.75) is 76.7 Å². The second kappa shape index (κ2) is 10.9. The quantitative estimate of drug-likeness (QED) is 0.438. The molecule has 6 heteroatoms. The maximum Gasteiger partial charge on any atom is 0.225 e. The molecule has 2 saturated carbocycles. The van der Waals surface area contributed by atoms with E-state index in [1.807, 2.05) is 0 Å². The average molecular weight is 378 g/mol. The highest BCUT2D eigenvalue weighted by molar-refractivity contribution is 5.79. The third-order valence-corrected chi connectivity index (χ3v) is 6.54. The van der Waals surface area contributed by atoms with Crippen LogP contribution in [0.3, 0.4) is 0 Å². The van der Waals surface area contributed by atoms with E-state index in [1.54, 1.807) is 0 Å². The Balaban J connectivity index is 1.32. The summed E-state index contributed by atoms with van der Waals surface area (Å²) in [6, 6.07) is 0.505. The maximum absolute atomic E-state index is 12.6. The number of hydrogen-bond donors (Lipinski definition) is 2. The normalized spacial score (nSPS) is 24.6. The van der Waals surface area contributed by atoms with Crippen molar-refractivity contribution in [2.75, 3.05) is 39.3 Å². The number of nitrogens with zero attached hydrogens (tertiary/aromatic N) is 3. The van der Waals surface area contributed by atoms with Gasteiger partial charge in [0.25, 0.3) is 0 Å². The van der Waals surface area contributed by atoms with Crippen LogP contribution in [0, 0.1) is 5.92 Å². The molecule has 0 aromatic carbocycles. The second-order valence-electron chi connectivity index (χ2n) is 8.60. The minimum absolute atomic E-state index is 0.296. The molecule has 1 amide bonds. The number of piperazine rings is 1. The van der Waals surface area contributed by atoms with Crippen LogP contribution in [0.25, 0.3) is 0 Å². The third-order valence-electron chi connectivity index (χ3n) is 6.54. The molecule has 3 N–H and O–H groups in total. The smallest absolute Gasteiger partial charge is 0.225 e. The van der Waals surface area contributed by atoms with Crippen LogP contribution in [0.2, 0.25) is 0 Å². The lowest BCUT2D eigenvalue weighted by Gasteiger charge is -2.37. The van der Waals surface area contributed by atoms with Gasteiger partial charge in [0.05, 0.1) is 6.54 Å². The molecule has 1 aliphatic heterocycles. The van der Waals surface area contributed by atoms with Gasteiger partial charge in [-0.25, -0.2) is 0 Å². The monoisotopic (exact) mass is 377 g/mol. The topological polar surface area (TPSA) is 74.0 Å². The molecule has 0 bridgehead atoms. The van der Waals surface area contributed by atoms with Crippen LogP contribution < -0.4 is 11.1 Å². The number of guanidine groups is 1. The zero-order valence-electron chi connectivity index (χ0n) is 17.0. The Morgan fingerprint density at radius 2 is 1.48 bits per heavy atom. The Bertz CT molecular complexity index is 473. The van der Waals surface area contributed by atoms with Crippen LogP contribution in [-0.2, 0) is 4.79 Å². The van der Waals surface area contributed by atoms with E-state index in [9.17, 15) is 4.79 Å². The lowest BCUT2D eigenvalue weighted by Crippen LogP contribution is -2.51. The lowest BCUT2D eigenvalue weighted by molar-refractivity contribution is -0.138. The fraction of sp³-hybridized carbons (Fsp3) is 0.905. The Labute approximate surface area is 164 Å². The highest BCUT2D eigenvalue weighted by Gasteiger charge is 2.28. The van der Waals surface area contributed by atoms with Crippen molar-refractivity contribution in [3.63, 3.8) is 0 Å². The molecule has 0 atom stereocenters. The summed E-state index contributed by atoms with van der Waals surface area (Å²) in [5, 5.41) is 3.41. The number of nitrogens with two attached hydrogens (primary N) is 1. The van der Waals surface area contributed by atoms with Gasteiger partial charge in [-0.05, 0) is 25.7 Å². The number of amides is 1. The fourth-order valence-electron chi connectivity index (χ4n) is 4.79. The van der Waals surface area contributed by atoms with Gasteiger partial charge in [-0.2, -0.15) is 0 Å². The summed E-state index contributed by atoms with van der Waals surface area (Å²) in [4.78, 5) is 21.7. The minimum atomic E-state index is 0.296. The number of aliphatic imine (C=N–C) groups is 1. The molecule has 6 nitrogen and oxygen atoms in total. The fourth-order valence-corrected chi connectivity index (χ4v) is 4.79. The van der Waals surface area contributed by atoms with E-state index < -0.39 is 0 Å². The van der Waals surface area contributed by atoms with E-state index in [-0.39, 0.29) is 0 Å². The van der Waals surface area contributed by atoms with Crippen molar-refractivity contribution in [2.24, 2.45) is 16.6 Å². The Kier molecular flexibility index (Phi) is 8.24. The zero-order chi connectivity index (χ0) is 18.9. The van der Waals surface area contributed by atoms with Gasteiger partial charge in [-0.15, -0.1) is 0 Å². The minimum Gasteiger partial charge on any atom is -0.370 e. The van der Waals surface area contributed by atoms with Gasteiger partial charge in [0.15, 0.2) is 5.96 Å². The van der Waals surface area contributed by atoms with Crippen LogP contribution in [0.15, 0.2) is 4.99 Å². The number of carbonyl (C=O) groups is 1. The molecular weight excluding hydrogens is 338 g/mol. The number of carbonyl (C=O) groups excluding carboxylic acids is 1. The van der Waals surface area contributed by atoms with Crippen molar-refractivity contribution in [1.82, 2.24) is 15.1 Å². The van der Waals surface area contributed by atoms with Crippen molar-refractivity contribution in [3.8, 4) is 0 Å². The van der Waals surface area contributed by atoms with Gasteiger partial charge < -0.3 is 16.0 Å². The summed E-state index contributed by atoms with van der Waals surface area (Å²) in [7, 11) is 0. The van der Waals surface area contributed by atoms with Crippen molar-refractivity contribution < 1.29 is 4.79 Å². The molecule has 0 aromatic rings. The second-order valence-corrected chi connectivity index (χ2v) is 8.60. The SMILES string of the molecule is NC(=NCCN1CCN(C(=O)C2CCCCC2)CC1)NC1CCCCCC1. The van der Waals surface area contributed by atoms with Crippen molar-refractivity contribution in [1.29, 1.82) is 0 Å². The first-order valence-corrected chi connectivity index (χ1v) is 11.3. The first-order chi connectivity index (χ1) is 13.2. The van der Waals surface area contributed by atoms with E-state index in [0.717, 1.165) is 52.1 Å². The average Bonchev–Trinajstić information content (AvgIpc) is 2.97. The Hall–Kier alpha value is -1.30. The molecule has 27 heavy (non-hydrogen) atoms. The van der Waals surface area contributed by atoms with E-state index in [2.05, 4.69) is 20.1 Å². The number of hydrogen-bond acceptors (Lipinski definition) is 3. The highest BCUT2D eigenvalue weighted by atomic mass is 16.2. The van der Waals surface area contributed by atoms with E-state index in [4.69, 9.17) is 5.73 Å². The molecule has 0 unspecified atom stereocenters. The summed E-state index contributed by atoms with van der Waals surface area (Å²) in [6.07, 6.45) is 13.7. The molecule has 1 heterocycles. The Morgan fingerprint density at radius 3 is 2.15 bits per heavy atom. The molecule has 1 saturated heterocycles. The maximum atomic E-state index is 12.6. The molecule has 2 aliphatic carbocycles. The molecule has 154 valence electrons. The van der Waals surface area contributed by atoms with E-state index >= 15 is 0 Å². The van der Waals surface area contributed by atoms with Crippen LogP contribution in [0.5, 0.6) is 0 Å². The van der Waals surface area contributed by atoms with Crippen LogP contribution in [0.4, 0.5) is 0 Å². The van der Waals surface area contributed by atoms with Crippen molar-refractivity contribution >= 4 is 11.9 Å². The van der Waals surface area contributed by atoms with E-state index in [1.165, 1.54) is 57.8 Å². The van der Waals surface area contributed by atoms with Crippen LogP contribution in [-0.4, -0.2) is 67.0 Å². The molecule has 3 aliphatic rings. The molecule has 3 rings (SSSR count). The molecule has 0 radical (unpaired) electrons. The van der Waals surface area contributed by atoms with E-state index in [0.29, 0.717) is 23.8 Å². The first kappa shape index (κ1) is 20.4. The first-order valence-electron chi connectivity index (χ1n) is 11.3. The summed E-state index contributed by atoms with van der Waals surface area (Å²) >= 11 is 0. The van der Waals surface area contributed by atoms with Gasteiger partial charge in [0.1, 0.15) is 0 Å². The van der Waals surface area contributed by atoms with Crippen LogP contribution in [0.1, 0.15) is 70.6 Å². The lowest BCUT2D eigenvalue weighted by atomic mass is 9.88. The number of nitrogens with one attached hydrogen (secondary N) is 1. The summed E-state index contributed by atoms with van der Waals surface area (Å²) in [5.41, 5.74) is 6.08. The molecular formula is C21H39N5O. The largest absolute Gasteiger partial charge is 0.370 e. The van der Waals surface area contributed by atoms with Crippen LogP contribution >= 0.6 is 0 Å². The summed E-state index contributed by atoms with van der Waals surface area (Å²) in [5.74, 6) is 1.31. The predicted octanol–water partition coefficient (Wildman–Crippen LogP) is 2.34. The number of rotatable bonds is 5. The summed E-state index contributed by atoms with van der Waals surface area (Å²) in [6.45, 7) is 5.33. The zero-order valence-corrected chi connectivity index (χ0v) is 17.0. The standard InChI is InChI=1S/C21H39N5O/c22-21(24-19-10-6-1-2-7-11-19)23-12-13-25-14-16-26(17-15-25)20(27)18-8-4-3-5-9-18/h18-19H,1-17H2,(H3,22,23,24). The molecule has 0 aromatic heterocycles. The molecule has 0 spiro atoms. The van der Waals surface area contributed by atoms with Gasteiger partial charge >= 0.3 is 0 Å². The van der Waals surface area contributed by atoms with Gasteiger partial charge in [-0.1, -0.05) is 44.9 Å².